The van der Waals surface area contributed by atoms with E-state index in [1.54, 1.807) is 12.3 Å². The van der Waals surface area contributed by atoms with Crippen molar-refractivity contribution in [2.45, 2.75) is 0 Å². The molecule has 0 atom stereocenters. The van der Waals surface area contributed by atoms with Crippen molar-refractivity contribution >= 4 is 33.8 Å². The van der Waals surface area contributed by atoms with Gasteiger partial charge < -0.3 is 10.1 Å². The second-order valence-electron chi connectivity index (χ2n) is 3.62. The van der Waals surface area contributed by atoms with Gasteiger partial charge in [0.25, 0.3) is 0 Å². The number of aromatic hydroxyl groups is 1. The molecule has 0 amide bonds. The molecule has 0 unspecified atom stereocenters. The van der Waals surface area contributed by atoms with Crippen LogP contribution >= 0.6 is 22.6 Å². The quantitative estimate of drug-likeness (QED) is 0.671. The molecule has 0 aliphatic carbocycles. The first-order valence-electron chi connectivity index (χ1n) is 5.03. The van der Waals surface area contributed by atoms with E-state index in [-0.39, 0.29) is 5.75 Å². The van der Waals surface area contributed by atoms with E-state index in [0.717, 1.165) is 9.09 Å². The molecule has 17 heavy (non-hydrogen) atoms. The third-order valence-corrected chi connectivity index (χ3v) is 3.14. The van der Waals surface area contributed by atoms with Crippen molar-refractivity contribution in [3.63, 3.8) is 0 Å². The van der Waals surface area contributed by atoms with E-state index < -0.39 is 0 Å². The smallest absolute Gasteiger partial charge is 0.178 e. The summed E-state index contributed by atoms with van der Waals surface area (Å²) in [4.78, 5) is 11.7. The van der Waals surface area contributed by atoms with Crippen LogP contribution in [-0.2, 0) is 0 Å². The van der Waals surface area contributed by atoms with E-state index in [1.165, 1.54) is 0 Å². The number of benzene rings is 1. The molecule has 0 radical (unpaired) electrons. The monoisotopic (exact) mass is 337 g/mol. The number of fused-ring (bicyclic) bond motifs is 1. The first kappa shape index (κ1) is 10.5. The first-order valence-corrected chi connectivity index (χ1v) is 6.11. The fourth-order valence-corrected chi connectivity index (χ4v) is 2.16. The minimum Gasteiger partial charge on any atom is -0.507 e. The highest BCUT2D eigenvalue weighted by Gasteiger charge is 2.10. The van der Waals surface area contributed by atoms with Crippen LogP contribution in [-0.4, -0.2) is 20.1 Å². The number of aromatic amines is 1. The van der Waals surface area contributed by atoms with Gasteiger partial charge in [0.05, 0.1) is 11.1 Å². The van der Waals surface area contributed by atoms with Crippen LogP contribution in [0.5, 0.6) is 5.75 Å². The lowest BCUT2D eigenvalue weighted by Gasteiger charge is -2.01. The molecule has 0 saturated heterocycles. The van der Waals surface area contributed by atoms with Crippen molar-refractivity contribution in [1.82, 2.24) is 15.0 Å². The van der Waals surface area contributed by atoms with E-state index in [9.17, 15) is 5.11 Å². The maximum Gasteiger partial charge on any atom is 0.178 e. The van der Waals surface area contributed by atoms with Crippen molar-refractivity contribution in [2.24, 2.45) is 0 Å². The lowest BCUT2D eigenvalue weighted by Crippen LogP contribution is -1.83. The van der Waals surface area contributed by atoms with Crippen LogP contribution in [0.15, 0.2) is 36.5 Å². The zero-order chi connectivity index (χ0) is 11.8. The zero-order valence-corrected chi connectivity index (χ0v) is 10.8. The van der Waals surface area contributed by atoms with Crippen LogP contribution in [0.3, 0.4) is 0 Å². The largest absolute Gasteiger partial charge is 0.507 e. The van der Waals surface area contributed by atoms with E-state index in [4.69, 9.17) is 0 Å². The summed E-state index contributed by atoms with van der Waals surface area (Å²) in [5.74, 6) is 0.846. The predicted molar refractivity (Wildman–Crippen MR) is 73.7 cm³/mol. The Balaban J connectivity index is 2.23. The Hall–Kier alpha value is -1.63. The van der Waals surface area contributed by atoms with Gasteiger partial charge in [0, 0.05) is 9.77 Å². The Morgan fingerprint density at radius 1 is 1.24 bits per heavy atom. The minimum atomic E-state index is 0.212. The van der Waals surface area contributed by atoms with Crippen LogP contribution in [0, 0.1) is 3.57 Å². The van der Waals surface area contributed by atoms with Gasteiger partial charge >= 0.3 is 0 Å². The number of aromatic nitrogens is 3. The highest BCUT2D eigenvalue weighted by atomic mass is 127. The highest BCUT2D eigenvalue weighted by Crippen LogP contribution is 2.29. The Kier molecular flexibility index (Phi) is 2.47. The SMILES string of the molecule is Oc1ccc(I)cc1-c1nc2ncccc2[nH]1. The summed E-state index contributed by atoms with van der Waals surface area (Å²) >= 11 is 2.20. The van der Waals surface area contributed by atoms with E-state index in [1.807, 2.05) is 24.3 Å². The minimum absolute atomic E-state index is 0.212. The third kappa shape index (κ3) is 1.86. The van der Waals surface area contributed by atoms with Crippen LogP contribution < -0.4 is 0 Å². The van der Waals surface area contributed by atoms with Gasteiger partial charge in [0.15, 0.2) is 5.65 Å². The molecule has 2 N–H and O–H groups in total. The normalized spacial score (nSPS) is 10.9. The molecule has 3 rings (SSSR count). The van der Waals surface area contributed by atoms with Crippen molar-refractivity contribution in [3.8, 4) is 17.1 Å². The summed E-state index contributed by atoms with van der Waals surface area (Å²) in [6.07, 6.45) is 1.70. The number of nitrogens with one attached hydrogen (secondary N) is 1. The Morgan fingerprint density at radius 3 is 2.94 bits per heavy atom. The van der Waals surface area contributed by atoms with Gasteiger partial charge in [-0.2, -0.15) is 0 Å². The van der Waals surface area contributed by atoms with E-state index in [0.29, 0.717) is 17.0 Å². The number of H-pyrrole nitrogens is 1. The molecule has 1 aromatic carbocycles. The molecule has 0 spiro atoms. The Bertz CT molecular complexity index is 660. The van der Waals surface area contributed by atoms with Gasteiger partial charge in [0.1, 0.15) is 11.6 Å². The van der Waals surface area contributed by atoms with Crippen molar-refractivity contribution in [2.75, 3.05) is 0 Å². The predicted octanol–water partition coefficient (Wildman–Crippen LogP) is 2.94. The molecule has 0 fully saturated rings. The van der Waals surface area contributed by atoms with Crippen LogP contribution in [0.1, 0.15) is 0 Å². The van der Waals surface area contributed by atoms with Crippen molar-refractivity contribution in [1.29, 1.82) is 0 Å². The first-order chi connectivity index (χ1) is 8.24. The van der Waals surface area contributed by atoms with Crippen molar-refractivity contribution < 1.29 is 5.11 Å². The number of halogens is 1. The van der Waals surface area contributed by atoms with Gasteiger partial charge in [-0.3, -0.25) is 0 Å². The molecule has 3 aromatic rings. The molecule has 5 heteroatoms. The molecule has 0 bridgehead atoms. The number of imidazole rings is 1. The number of phenols is 1. The average molecular weight is 337 g/mol. The van der Waals surface area contributed by atoms with Crippen molar-refractivity contribution in [3.05, 3.63) is 40.1 Å². The second-order valence-corrected chi connectivity index (χ2v) is 4.87. The fourth-order valence-electron chi connectivity index (χ4n) is 1.67. The van der Waals surface area contributed by atoms with Gasteiger partial charge in [-0.25, -0.2) is 9.97 Å². The number of rotatable bonds is 1. The summed E-state index contributed by atoms with van der Waals surface area (Å²) in [6.45, 7) is 0. The molecule has 84 valence electrons. The summed E-state index contributed by atoms with van der Waals surface area (Å²) in [6, 6.07) is 9.15. The molecule has 2 heterocycles. The number of hydrogen-bond donors (Lipinski definition) is 2. The number of phenolic OH excluding ortho intramolecular Hbond substituents is 1. The molecule has 0 aliphatic rings. The van der Waals surface area contributed by atoms with Gasteiger partial charge in [-0.15, -0.1) is 0 Å². The molecule has 2 aromatic heterocycles. The fraction of sp³-hybridized carbons (Fsp3) is 0. The summed E-state index contributed by atoms with van der Waals surface area (Å²) in [7, 11) is 0. The second kappa shape index (κ2) is 3.99. The van der Waals surface area contributed by atoms with Crippen LogP contribution in [0.2, 0.25) is 0 Å². The molecule has 4 nitrogen and oxygen atoms in total. The third-order valence-electron chi connectivity index (χ3n) is 2.47. The zero-order valence-electron chi connectivity index (χ0n) is 8.68. The number of hydrogen-bond acceptors (Lipinski definition) is 3. The van der Waals surface area contributed by atoms with Crippen LogP contribution in [0.4, 0.5) is 0 Å². The standard InChI is InChI=1S/C12H8IN3O/c13-7-3-4-10(17)8(6-7)11-15-9-2-1-5-14-12(9)16-11/h1-6,17H,(H,14,15,16). The number of nitrogens with zero attached hydrogens (tertiary/aromatic N) is 2. The van der Waals surface area contributed by atoms with Gasteiger partial charge in [-0.05, 0) is 52.9 Å². The summed E-state index contributed by atoms with van der Waals surface area (Å²) in [5.41, 5.74) is 2.21. The maximum atomic E-state index is 9.83. The maximum absolute atomic E-state index is 9.83. The summed E-state index contributed by atoms with van der Waals surface area (Å²) < 4.78 is 1.05. The highest BCUT2D eigenvalue weighted by molar-refractivity contribution is 14.1. The molecule has 0 aliphatic heterocycles. The lowest BCUT2D eigenvalue weighted by atomic mass is 10.2. The number of pyridine rings is 1. The van der Waals surface area contributed by atoms with Crippen LogP contribution in [0.25, 0.3) is 22.6 Å². The lowest BCUT2D eigenvalue weighted by molar-refractivity contribution is 0.477. The van der Waals surface area contributed by atoms with E-state index in [2.05, 4.69) is 37.5 Å². The van der Waals surface area contributed by atoms with Gasteiger partial charge in [0.2, 0.25) is 0 Å². The Morgan fingerprint density at radius 2 is 2.12 bits per heavy atom. The molecular formula is C12H8IN3O. The Labute approximate surface area is 111 Å². The molecule has 0 saturated carbocycles. The van der Waals surface area contributed by atoms with E-state index >= 15 is 0 Å². The molecular weight excluding hydrogens is 329 g/mol. The average Bonchev–Trinajstić information content (AvgIpc) is 2.75. The summed E-state index contributed by atoms with van der Waals surface area (Å²) in [5, 5.41) is 9.83. The van der Waals surface area contributed by atoms with Gasteiger partial charge in [-0.1, -0.05) is 0 Å². The topological polar surface area (TPSA) is 61.8 Å².